The van der Waals surface area contributed by atoms with E-state index < -0.39 is 10.5 Å². The Balaban J connectivity index is 3.03. The summed E-state index contributed by atoms with van der Waals surface area (Å²) in [5.74, 6) is -0.367. The van der Waals surface area contributed by atoms with E-state index in [0.29, 0.717) is 12.8 Å². The van der Waals surface area contributed by atoms with Crippen LogP contribution in [0.4, 0.5) is 0 Å². The molecule has 0 saturated carbocycles. The van der Waals surface area contributed by atoms with Crippen LogP contribution in [0.2, 0.25) is 0 Å². The van der Waals surface area contributed by atoms with Crippen LogP contribution in [0.1, 0.15) is 19.8 Å². The quantitative estimate of drug-likeness (QED) is 0.623. The highest BCUT2D eigenvalue weighted by Crippen LogP contribution is 2.45. The highest BCUT2D eigenvalue weighted by Gasteiger charge is 2.44. The fraction of sp³-hybridized carbons (Fsp3) is 0.667. The highest BCUT2D eigenvalue weighted by atomic mass is 127. The Labute approximate surface area is 102 Å². The molecule has 3 nitrogen and oxygen atoms in total. The number of primary amides is 1. The minimum Gasteiger partial charge on any atom is -0.369 e. The van der Waals surface area contributed by atoms with Crippen LogP contribution < -0.4 is 5.73 Å². The van der Waals surface area contributed by atoms with E-state index in [9.17, 15) is 4.79 Å². The van der Waals surface area contributed by atoms with Gasteiger partial charge in [-0.25, -0.2) is 0 Å². The molecule has 2 atom stereocenters. The maximum Gasteiger partial charge on any atom is 0.227 e. The minimum absolute atomic E-state index is 0.367. The second-order valence-electron chi connectivity index (χ2n) is 3.81. The number of hydrogen-bond acceptors (Lipinski definition) is 2. The Morgan fingerprint density at radius 2 is 2.36 bits per heavy atom. The van der Waals surface area contributed by atoms with Crippen molar-refractivity contribution in [3.05, 3.63) is 9.66 Å². The fourth-order valence-corrected chi connectivity index (χ4v) is 3.56. The van der Waals surface area contributed by atoms with Gasteiger partial charge in [0.05, 0.1) is 5.41 Å². The third-order valence-corrected chi connectivity index (χ3v) is 3.58. The molecule has 2 unspecified atom stereocenters. The standard InChI is InChI=1S/C9H13ClINO2/c1-8(7(12)13)3-6(11)4-9(10,5-8)14-2/h3H,4-5H2,1-2H3,(H2,12,13). The van der Waals surface area contributed by atoms with Crippen molar-refractivity contribution in [1.29, 1.82) is 0 Å². The second kappa shape index (κ2) is 3.98. The van der Waals surface area contributed by atoms with Gasteiger partial charge < -0.3 is 10.5 Å². The van der Waals surface area contributed by atoms with E-state index in [4.69, 9.17) is 22.1 Å². The molecule has 1 rings (SSSR count). The fourth-order valence-electron chi connectivity index (χ4n) is 1.61. The van der Waals surface area contributed by atoms with Gasteiger partial charge in [0.25, 0.3) is 0 Å². The van der Waals surface area contributed by atoms with Gasteiger partial charge in [0.1, 0.15) is 5.06 Å². The van der Waals surface area contributed by atoms with E-state index in [1.165, 1.54) is 0 Å². The Bertz CT molecular complexity index is 295. The number of ether oxygens (including phenoxy) is 1. The lowest BCUT2D eigenvalue weighted by molar-refractivity contribution is -0.127. The minimum atomic E-state index is -0.797. The molecule has 0 fully saturated rings. The third-order valence-electron chi connectivity index (χ3n) is 2.47. The Hall–Kier alpha value is 0.190. The van der Waals surface area contributed by atoms with E-state index in [0.717, 1.165) is 3.58 Å². The topological polar surface area (TPSA) is 52.3 Å². The number of amides is 1. The highest BCUT2D eigenvalue weighted by molar-refractivity contribution is 14.1. The smallest absolute Gasteiger partial charge is 0.227 e. The van der Waals surface area contributed by atoms with Gasteiger partial charge >= 0.3 is 0 Å². The summed E-state index contributed by atoms with van der Waals surface area (Å²) in [7, 11) is 1.55. The molecule has 14 heavy (non-hydrogen) atoms. The Morgan fingerprint density at radius 1 is 1.79 bits per heavy atom. The summed E-state index contributed by atoms with van der Waals surface area (Å²) in [5.41, 5.74) is 4.64. The molecule has 0 aromatic carbocycles. The number of hydrogen-bond donors (Lipinski definition) is 1. The molecule has 0 aromatic heterocycles. The van der Waals surface area contributed by atoms with Crippen molar-refractivity contribution in [2.45, 2.75) is 24.8 Å². The first-order chi connectivity index (χ1) is 6.31. The van der Waals surface area contributed by atoms with Crippen LogP contribution in [0.15, 0.2) is 9.66 Å². The van der Waals surface area contributed by atoms with Gasteiger partial charge in [-0.3, -0.25) is 4.79 Å². The summed E-state index contributed by atoms with van der Waals surface area (Å²) in [6, 6.07) is 0. The molecule has 0 heterocycles. The van der Waals surface area contributed by atoms with Crippen LogP contribution in [0.5, 0.6) is 0 Å². The van der Waals surface area contributed by atoms with E-state index in [1.54, 1.807) is 14.0 Å². The van der Waals surface area contributed by atoms with Crippen LogP contribution in [0, 0.1) is 5.41 Å². The van der Waals surface area contributed by atoms with Crippen LogP contribution in [0.25, 0.3) is 0 Å². The summed E-state index contributed by atoms with van der Waals surface area (Å²) in [6.07, 6.45) is 2.91. The van der Waals surface area contributed by atoms with Crippen molar-refractivity contribution in [2.24, 2.45) is 11.1 Å². The van der Waals surface area contributed by atoms with Crippen molar-refractivity contribution in [3.8, 4) is 0 Å². The van der Waals surface area contributed by atoms with E-state index in [-0.39, 0.29) is 5.91 Å². The molecule has 0 spiro atoms. The first kappa shape index (κ1) is 12.3. The maximum absolute atomic E-state index is 11.3. The van der Waals surface area contributed by atoms with Crippen molar-refractivity contribution in [3.63, 3.8) is 0 Å². The first-order valence-corrected chi connectivity index (χ1v) is 5.68. The Kier molecular flexibility index (Phi) is 3.49. The molecular formula is C9H13ClINO2. The zero-order valence-corrected chi connectivity index (χ0v) is 11.1. The zero-order chi connectivity index (χ0) is 11.0. The van der Waals surface area contributed by atoms with Crippen LogP contribution in [0.3, 0.4) is 0 Å². The number of carbonyl (C=O) groups is 1. The average Bonchev–Trinajstić information content (AvgIpc) is 2.01. The molecule has 2 N–H and O–H groups in total. The predicted octanol–water partition coefficient (Wildman–Crippen LogP) is 2.17. The summed E-state index contributed by atoms with van der Waals surface area (Å²) in [6.45, 7) is 1.78. The van der Waals surface area contributed by atoms with Crippen molar-refractivity contribution in [1.82, 2.24) is 0 Å². The van der Waals surface area contributed by atoms with Gasteiger partial charge in [-0.1, -0.05) is 17.7 Å². The molecule has 1 amide bonds. The van der Waals surface area contributed by atoms with Crippen molar-refractivity contribution >= 4 is 40.1 Å². The molecule has 1 aliphatic carbocycles. The van der Waals surface area contributed by atoms with E-state index >= 15 is 0 Å². The number of carbonyl (C=O) groups excluding carboxylic acids is 1. The number of alkyl halides is 1. The van der Waals surface area contributed by atoms with Gasteiger partial charge in [0.15, 0.2) is 0 Å². The number of rotatable bonds is 2. The van der Waals surface area contributed by atoms with Gasteiger partial charge in [-0.05, 0) is 33.1 Å². The molecule has 0 bridgehead atoms. The van der Waals surface area contributed by atoms with Gasteiger partial charge in [-0.2, -0.15) is 0 Å². The second-order valence-corrected chi connectivity index (χ2v) is 5.89. The molecule has 0 aliphatic heterocycles. The number of methoxy groups -OCH3 is 1. The monoisotopic (exact) mass is 329 g/mol. The summed E-state index contributed by atoms with van der Waals surface area (Å²) >= 11 is 8.36. The maximum atomic E-state index is 11.3. The van der Waals surface area contributed by atoms with Gasteiger partial charge in [0.2, 0.25) is 5.91 Å². The summed E-state index contributed by atoms with van der Waals surface area (Å²) in [5, 5.41) is -0.797. The molecule has 0 radical (unpaired) electrons. The zero-order valence-electron chi connectivity index (χ0n) is 8.14. The summed E-state index contributed by atoms with van der Waals surface area (Å²) < 4.78 is 6.21. The van der Waals surface area contributed by atoms with Crippen LogP contribution in [-0.4, -0.2) is 18.1 Å². The van der Waals surface area contributed by atoms with Gasteiger partial charge in [0, 0.05) is 20.0 Å². The average molecular weight is 330 g/mol. The van der Waals surface area contributed by atoms with Crippen molar-refractivity contribution < 1.29 is 9.53 Å². The number of halogens is 2. The number of nitrogens with two attached hydrogens (primary N) is 1. The van der Waals surface area contributed by atoms with E-state index in [1.807, 2.05) is 6.08 Å². The molecule has 1 aliphatic rings. The lowest BCUT2D eigenvalue weighted by atomic mass is 9.78. The lowest BCUT2D eigenvalue weighted by Crippen LogP contribution is -2.43. The predicted molar refractivity (Wildman–Crippen MR) is 64.2 cm³/mol. The SMILES string of the molecule is COC1(Cl)CC(I)=CC(C)(C(N)=O)C1. The first-order valence-electron chi connectivity index (χ1n) is 4.22. The van der Waals surface area contributed by atoms with Gasteiger partial charge in [-0.15, -0.1) is 0 Å². The lowest BCUT2D eigenvalue weighted by Gasteiger charge is -2.37. The Morgan fingerprint density at radius 3 is 2.79 bits per heavy atom. The van der Waals surface area contributed by atoms with Crippen LogP contribution in [-0.2, 0) is 9.53 Å². The van der Waals surface area contributed by atoms with Crippen LogP contribution >= 0.6 is 34.2 Å². The molecule has 80 valence electrons. The molecule has 0 saturated heterocycles. The van der Waals surface area contributed by atoms with Crippen molar-refractivity contribution in [2.75, 3.05) is 7.11 Å². The molecule has 5 heteroatoms. The molecular weight excluding hydrogens is 316 g/mol. The normalized spacial score (nSPS) is 37.9. The molecule has 0 aromatic rings. The van der Waals surface area contributed by atoms with E-state index in [2.05, 4.69) is 22.6 Å². The third kappa shape index (κ3) is 2.41. The summed E-state index contributed by atoms with van der Waals surface area (Å²) in [4.78, 5) is 11.3. The largest absolute Gasteiger partial charge is 0.369 e.